The zero-order valence-corrected chi connectivity index (χ0v) is 10.6. The normalized spacial score (nSPS) is 14.0. The van der Waals surface area contributed by atoms with Crippen molar-refractivity contribution in [3.8, 4) is 5.88 Å². The van der Waals surface area contributed by atoms with E-state index in [-0.39, 0.29) is 17.4 Å². The number of ether oxygens (including phenoxy) is 1. The number of hydrogen-bond donors (Lipinski definition) is 1. The summed E-state index contributed by atoms with van der Waals surface area (Å²) in [5.74, 6) is -0.235. The Balaban J connectivity index is 2.64. The van der Waals surface area contributed by atoms with Gasteiger partial charge in [0.2, 0.25) is 5.88 Å². The highest BCUT2D eigenvalue weighted by atomic mass is 32.2. The van der Waals surface area contributed by atoms with Crippen molar-refractivity contribution in [2.75, 3.05) is 7.11 Å². The van der Waals surface area contributed by atoms with E-state index >= 15 is 0 Å². The maximum absolute atomic E-state index is 11.8. The molecule has 0 aliphatic rings. The quantitative estimate of drug-likeness (QED) is 0.828. The van der Waals surface area contributed by atoms with E-state index < -0.39 is 16.8 Å². The molecule has 94 valence electrons. The fourth-order valence-corrected chi connectivity index (χ4v) is 2.34. The van der Waals surface area contributed by atoms with Crippen LogP contribution < -0.4 is 4.74 Å². The fourth-order valence-electron chi connectivity index (χ4n) is 1.28. The number of pyridine rings is 1. The first-order valence-corrected chi connectivity index (χ1v) is 6.50. The van der Waals surface area contributed by atoms with E-state index in [1.165, 1.54) is 7.11 Å². The van der Waals surface area contributed by atoms with Gasteiger partial charge in [-0.25, -0.2) is 4.98 Å². The van der Waals surface area contributed by atoms with Crippen LogP contribution in [0.2, 0.25) is 0 Å². The smallest absolute Gasteiger partial charge is 0.304 e. The Morgan fingerprint density at radius 3 is 2.88 bits per heavy atom. The summed E-state index contributed by atoms with van der Waals surface area (Å²) in [6.45, 7) is 1.66. The zero-order valence-electron chi connectivity index (χ0n) is 9.75. The van der Waals surface area contributed by atoms with Crippen molar-refractivity contribution in [1.29, 1.82) is 0 Å². The maximum atomic E-state index is 11.8. The lowest BCUT2D eigenvalue weighted by atomic mass is 10.3. The van der Waals surface area contributed by atoms with Crippen molar-refractivity contribution >= 4 is 16.8 Å². The number of carboxylic acids is 1. The minimum Gasteiger partial charge on any atom is -0.481 e. The molecule has 5 nitrogen and oxygen atoms in total. The van der Waals surface area contributed by atoms with Gasteiger partial charge in [-0.2, -0.15) is 0 Å². The van der Waals surface area contributed by atoms with Gasteiger partial charge in [-0.15, -0.1) is 0 Å². The number of carboxylic acid groups (broad SMARTS) is 1. The molecule has 0 radical (unpaired) electrons. The Kier molecular flexibility index (Phi) is 5.09. The molecule has 1 aromatic rings. The SMILES string of the molecule is COc1cccc(CS(=O)C(C)CC(=O)O)n1. The van der Waals surface area contributed by atoms with Crippen molar-refractivity contribution in [2.24, 2.45) is 0 Å². The van der Waals surface area contributed by atoms with Crippen LogP contribution in [0.4, 0.5) is 0 Å². The molecular weight excluding hydrogens is 242 g/mol. The highest BCUT2D eigenvalue weighted by Crippen LogP contribution is 2.11. The van der Waals surface area contributed by atoms with Crippen molar-refractivity contribution < 1.29 is 18.8 Å². The largest absolute Gasteiger partial charge is 0.481 e. The third-order valence-corrected chi connectivity index (χ3v) is 3.84. The summed E-state index contributed by atoms with van der Waals surface area (Å²) in [7, 11) is 0.265. The van der Waals surface area contributed by atoms with Crippen molar-refractivity contribution in [3.05, 3.63) is 23.9 Å². The van der Waals surface area contributed by atoms with E-state index in [2.05, 4.69) is 4.98 Å². The number of aromatic nitrogens is 1. The Bertz CT molecular complexity index is 422. The van der Waals surface area contributed by atoms with Crippen LogP contribution in [0.15, 0.2) is 18.2 Å². The van der Waals surface area contributed by atoms with Gasteiger partial charge >= 0.3 is 5.97 Å². The van der Waals surface area contributed by atoms with Crippen LogP contribution in [0.25, 0.3) is 0 Å². The molecule has 0 saturated heterocycles. The molecule has 1 N–H and O–H groups in total. The van der Waals surface area contributed by atoms with Gasteiger partial charge in [-0.05, 0) is 6.07 Å². The third kappa shape index (κ3) is 4.52. The molecule has 1 rings (SSSR count). The summed E-state index contributed by atoms with van der Waals surface area (Å²) in [5.41, 5.74) is 0.639. The second-order valence-electron chi connectivity index (χ2n) is 3.60. The number of aliphatic carboxylic acids is 1. The van der Waals surface area contributed by atoms with E-state index in [1.807, 2.05) is 0 Å². The first kappa shape index (κ1) is 13.6. The number of nitrogens with zero attached hydrogens (tertiary/aromatic N) is 1. The van der Waals surface area contributed by atoms with Gasteiger partial charge in [0, 0.05) is 22.1 Å². The molecule has 17 heavy (non-hydrogen) atoms. The average Bonchev–Trinajstić information content (AvgIpc) is 2.28. The molecule has 0 spiro atoms. The lowest BCUT2D eigenvalue weighted by Crippen LogP contribution is -2.17. The number of hydrogen-bond acceptors (Lipinski definition) is 4. The molecule has 0 aliphatic heterocycles. The average molecular weight is 257 g/mol. The molecule has 0 aromatic carbocycles. The second-order valence-corrected chi connectivity index (χ2v) is 5.46. The highest BCUT2D eigenvalue weighted by molar-refractivity contribution is 7.84. The molecule has 1 aromatic heterocycles. The lowest BCUT2D eigenvalue weighted by Gasteiger charge is -2.08. The summed E-state index contributed by atoms with van der Waals surface area (Å²) < 4.78 is 16.8. The topological polar surface area (TPSA) is 76.5 Å². The van der Waals surface area contributed by atoms with Gasteiger partial charge in [0.1, 0.15) is 0 Å². The molecular formula is C11H15NO4S. The maximum Gasteiger partial charge on any atom is 0.304 e. The third-order valence-electron chi connectivity index (χ3n) is 2.19. The lowest BCUT2D eigenvalue weighted by molar-refractivity contribution is -0.136. The molecule has 0 bridgehead atoms. The summed E-state index contributed by atoms with van der Waals surface area (Å²) >= 11 is 0. The summed E-state index contributed by atoms with van der Waals surface area (Å²) in [6, 6.07) is 5.21. The van der Waals surface area contributed by atoms with Crippen LogP contribution in [-0.4, -0.2) is 32.6 Å². The number of carbonyl (C=O) groups is 1. The van der Waals surface area contributed by atoms with E-state index in [9.17, 15) is 9.00 Å². The van der Waals surface area contributed by atoms with Crippen LogP contribution in [-0.2, 0) is 21.3 Å². The molecule has 1 heterocycles. The van der Waals surface area contributed by atoms with E-state index in [1.54, 1.807) is 25.1 Å². The first-order chi connectivity index (χ1) is 8.02. The minimum absolute atomic E-state index is 0.101. The predicted octanol–water partition coefficient (Wildman–Crippen LogP) is 1.20. The first-order valence-electron chi connectivity index (χ1n) is 5.12. The molecule has 2 atom stereocenters. The van der Waals surface area contributed by atoms with Crippen molar-refractivity contribution in [2.45, 2.75) is 24.3 Å². The highest BCUT2D eigenvalue weighted by Gasteiger charge is 2.15. The Labute approximate surface area is 102 Å². The Morgan fingerprint density at radius 1 is 1.59 bits per heavy atom. The zero-order chi connectivity index (χ0) is 12.8. The van der Waals surface area contributed by atoms with E-state index in [4.69, 9.17) is 9.84 Å². The second kappa shape index (κ2) is 6.34. The minimum atomic E-state index is -1.25. The molecule has 2 unspecified atom stereocenters. The Hall–Kier alpha value is -1.43. The monoisotopic (exact) mass is 257 g/mol. The van der Waals surface area contributed by atoms with Gasteiger partial charge in [0.15, 0.2) is 0 Å². The van der Waals surface area contributed by atoms with E-state index in [0.717, 1.165) is 0 Å². The molecule has 0 amide bonds. The van der Waals surface area contributed by atoms with Crippen LogP contribution in [0, 0.1) is 0 Å². The molecule has 6 heteroatoms. The van der Waals surface area contributed by atoms with Gasteiger partial charge in [0.05, 0.1) is 25.0 Å². The van der Waals surface area contributed by atoms with E-state index in [0.29, 0.717) is 11.6 Å². The van der Waals surface area contributed by atoms with Gasteiger partial charge in [-0.3, -0.25) is 9.00 Å². The summed E-state index contributed by atoms with van der Waals surface area (Å²) in [5, 5.41) is 8.22. The van der Waals surface area contributed by atoms with Gasteiger partial charge < -0.3 is 9.84 Å². The van der Waals surface area contributed by atoms with Crippen molar-refractivity contribution in [1.82, 2.24) is 4.98 Å². The van der Waals surface area contributed by atoms with Crippen LogP contribution in [0.5, 0.6) is 5.88 Å². The molecule has 0 fully saturated rings. The summed E-state index contributed by atoms with van der Waals surface area (Å²) in [6.07, 6.45) is -0.101. The number of methoxy groups -OCH3 is 1. The number of rotatable bonds is 6. The molecule has 0 saturated carbocycles. The van der Waals surface area contributed by atoms with Crippen LogP contribution in [0.1, 0.15) is 19.0 Å². The van der Waals surface area contributed by atoms with Crippen LogP contribution >= 0.6 is 0 Å². The standard InChI is InChI=1S/C11H15NO4S/c1-8(6-11(13)14)17(15)7-9-4-3-5-10(12-9)16-2/h3-5,8H,6-7H2,1-2H3,(H,13,14). The van der Waals surface area contributed by atoms with Gasteiger partial charge in [0.25, 0.3) is 0 Å². The van der Waals surface area contributed by atoms with Crippen molar-refractivity contribution in [3.63, 3.8) is 0 Å². The van der Waals surface area contributed by atoms with Gasteiger partial charge in [-0.1, -0.05) is 13.0 Å². The predicted molar refractivity (Wildman–Crippen MR) is 64.4 cm³/mol. The fraction of sp³-hybridized carbons (Fsp3) is 0.455. The Morgan fingerprint density at radius 2 is 2.29 bits per heavy atom. The molecule has 0 aliphatic carbocycles. The van der Waals surface area contributed by atoms with Crippen LogP contribution in [0.3, 0.4) is 0 Å². The summed E-state index contributed by atoms with van der Waals surface area (Å²) in [4.78, 5) is 14.6.